The predicted octanol–water partition coefficient (Wildman–Crippen LogP) is 5.17. The molecule has 0 spiro atoms. The van der Waals surface area contributed by atoms with E-state index in [9.17, 15) is 4.79 Å². The molecule has 3 aromatic rings. The van der Waals surface area contributed by atoms with Gasteiger partial charge in [-0.2, -0.15) is 0 Å². The fourth-order valence-electron chi connectivity index (χ4n) is 2.75. The monoisotopic (exact) mass is 307 g/mol. The van der Waals surface area contributed by atoms with Gasteiger partial charge in [0.15, 0.2) is 0 Å². The molecule has 0 unspecified atom stereocenters. The Labute approximate surface area is 136 Å². The Bertz CT molecular complexity index is 790. The molecule has 0 amide bonds. The predicted molar refractivity (Wildman–Crippen MR) is 92.6 cm³/mol. The van der Waals surface area contributed by atoms with Gasteiger partial charge in [0.05, 0.1) is 5.52 Å². The number of fused-ring (bicyclic) bond motifs is 1. The molecule has 2 aromatic carbocycles. The molecule has 3 heteroatoms. The summed E-state index contributed by atoms with van der Waals surface area (Å²) in [4.78, 5) is 12.6. The van der Waals surface area contributed by atoms with E-state index in [1.165, 1.54) is 0 Å². The van der Waals surface area contributed by atoms with Crippen molar-refractivity contribution in [3.8, 4) is 0 Å². The van der Waals surface area contributed by atoms with Crippen molar-refractivity contribution < 1.29 is 9.53 Å². The number of rotatable bonds is 5. The van der Waals surface area contributed by atoms with E-state index >= 15 is 0 Å². The van der Waals surface area contributed by atoms with Crippen LogP contribution in [0.25, 0.3) is 10.9 Å². The molecular formula is C20H21NO2. The number of hydrogen-bond donors (Lipinski definition) is 0. The van der Waals surface area contributed by atoms with Crippen LogP contribution < -0.4 is 0 Å². The van der Waals surface area contributed by atoms with E-state index in [4.69, 9.17) is 4.74 Å². The van der Waals surface area contributed by atoms with Gasteiger partial charge in [-0.05, 0) is 30.5 Å². The quantitative estimate of drug-likeness (QED) is 0.651. The maximum atomic E-state index is 12.6. The Hall–Kier alpha value is -2.55. The fourth-order valence-corrected chi connectivity index (χ4v) is 2.75. The molecule has 0 bridgehead atoms. The van der Waals surface area contributed by atoms with E-state index in [0.717, 1.165) is 41.4 Å². The Kier molecular flexibility index (Phi) is 4.77. The van der Waals surface area contributed by atoms with Crippen LogP contribution in [0.2, 0.25) is 0 Å². The molecule has 3 nitrogen and oxygen atoms in total. The van der Waals surface area contributed by atoms with Gasteiger partial charge < -0.3 is 4.74 Å². The van der Waals surface area contributed by atoms with Crippen molar-refractivity contribution in [3.05, 3.63) is 71.9 Å². The summed E-state index contributed by atoms with van der Waals surface area (Å²) >= 11 is 0. The highest BCUT2D eigenvalue weighted by Crippen LogP contribution is 2.22. The molecule has 0 saturated heterocycles. The van der Waals surface area contributed by atoms with Crippen LogP contribution in [0.1, 0.15) is 31.0 Å². The minimum absolute atomic E-state index is 0.291. The zero-order valence-corrected chi connectivity index (χ0v) is 13.4. The number of aryl methyl sites for hydroxylation is 1. The molecule has 0 N–H and O–H groups in total. The number of para-hydroxylation sites is 1. The molecule has 0 fully saturated rings. The number of nitrogens with zero attached hydrogens (tertiary/aromatic N) is 1. The molecule has 0 aliphatic carbocycles. The minimum Gasteiger partial charge on any atom is -0.444 e. The standard InChI is InChI=1S/C20H21NO2/c1-2-3-12-18-14-17-11-7-8-13-19(17)21(18)20(22)23-15-16-9-5-4-6-10-16/h4-11,13-14H,2-3,12,15H2,1H3. The zero-order valence-electron chi connectivity index (χ0n) is 13.4. The molecule has 1 heterocycles. The number of ether oxygens (including phenoxy) is 1. The normalized spacial score (nSPS) is 10.8. The summed E-state index contributed by atoms with van der Waals surface area (Å²) in [5.74, 6) is 0. The smallest absolute Gasteiger partial charge is 0.419 e. The Morgan fingerprint density at radius 1 is 1.04 bits per heavy atom. The molecular weight excluding hydrogens is 286 g/mol. The summed E-state index contributed by atoms with van der Waals surface area (Å²) in [6, 6.07) is 19.8. The Morgan fingerprint density at radius 2 is 1.78 bits per heavy atom. The van der Waals surface area contributed by atoms with Gasteiger partial charge in [0.1, 0.15) is 6.61 Å². The van der Waals surface area contributed by atoms with Crippen LogP contribution in [0.3, 0.4) is 0 Å². The fraction of sp³-hybridized carbons (Fsp3) is 0.250. The first-order valence-electron chi connectivity index (χ1n) is 8.10. The second-order valence-electron chi connectivity index (χ2n) is 5.67. The molecule has 118 valence electrons. The average Bonchev–Trinajstić information content (AvgIpc) is 2.97. The number of benzene rings is 2. The van der Waals surface area contributed by atoms with Crippen molar-refractivity contribution in [2.75, 3.05) is 0 Å². The molecule has 3 rings (SSSR count). The zero-order chi connectivity index (χ0) is 16.1. The minimum atomic E-state index is -0.304. The van der Waals surface area contributed by atoms with E-state index in [1.807, 2.05) is 54.6 Å². The maximum absolute atomic E-state index is 12.6. The van der Waals surface area contributed by atoms with Crippen molar-refractivity contribution in [2.24, 2.45) is 0 Å². The number of carbonyl (C=O) groups excluding carboxylic acids is 1. The van der Waals surface area contributed by atoms with Gasteiger partial charge in [0.25, 0.3) is 0 Å². The highest BCUT2D eigenvalue weighted by atomic mass is 16.5. The highest BCUT2D eigenvalue weighted by Gasteiger charge is 2.15. The van der Waals surface area contributed by atoms with Crippen LogP contribution >= 0.6 is 0 Å². The molecule has 0 aliphatic rings. The van der Waals surface area contributed by atoms with Crippen molar-refractivity contribution in [2.45, 2.75) is 32.8 Å². The summed E-state index contributed by atoms with van der Waals surface area (Å²) in [6.07, 6.45) is 2.73. The summed E-state index contributed by atoms with van der Waals surface area (Å²) < 4.78 is 7.24. The van der Waals surface area contributed by atoms with E-state index < -0.39 is 0 Å². The van der Waals surface area contributed by atoms with E-state index in [1.54, 1.807) is 4.57 Å². The molecule has 0 atom stereocenters. The lowest BCUT2D eigenvalue weighted by Gasteiger charge is -2.10. The number of hydrogen-bond acceptors (Lipinski definition) is 2. The Morgan fingerprint density at radius 3 is 2.57 bits per heavy atom. The Balaban J connectivity index is 1.85. The van der Waals surface area contributed by atoms with Gasteiger partial charge in [-0.3, -0.25) is 0 Å². The van der Waals surface area contributed by atoms with Gasteiger partial charge in [-0.15, -0.1) is 0 Å². The number of aromatic nitrogens is 1. The molecule has 0 saturated carbocycles. The van der Waals surface area contributed by atoms with E-state index in [2.05, 4.69) is 13.0 Å². The summed E-state index contributed by atoms with van der Waals surface area (Å²) in [7, 11) is 0. The lowest BCUT2D eigenvalue weighted by atomic mass is 10.2. The summed E-state index contributed by atoms with van der Waals surface area (Å²) in [5, 5.41) is 1.08. The number of carbonyl (C=O) groups is 1. The highest BCUT2D eigenvalue weighted by molar-refractivity contribution is 5.90. The van der Waals surface area contributed by atoms with Crippen LogP contribution in [-0.2, 0) is 17.8 Å². The third kappa shape index (κ3) is 3.45. The summed E-state index contributed by atoms with van der Waals surface area (Å²) in [6.45, 7) is 2.44. The van der Waals surface area contributed by atoms with Crippen LogP contribution in [-0.4, -0.2) is 10.7 Å². The van der Waals surface area contributed by atoms with Crippen molar-refractivity contribution in [1.82, 2.24) is 4.57 Å². The first-order chi connectivity index (χ1) is 11.3. The third-order valence-electron chi connectivity index (χ3n) is 3.96. The van der Waals surface area contributed by atoms with Crippen LogP contribution in [0, 0.1) is 0 Å². The van der Waals surface area contributed by atoms with Gasteiger partial charge >= 0.3 is 6.09 Å². The molecule has 1 aromatic heterocycles. The van der Waals surface area contributed by atoms with Crippen LogP contribution in [0.15, 0.2) is 60.7 Å². The van der Waals surface area contributed by atoms with Gasteiger partial charge in [-0.25, -0.2) is 9.36 Å². The lowest BCUT2D eigenvalue weighted by molar-refractivity contribution is 0.141. The number of unbranched alkanes of at least 4 members (excludes halogenated alkanes) is 1. The largest absolute Gasteiger partial charge is 0.444 e. The SMILES string of the molecule is CCCCc1cc2ccccc2n1C(=O)OCc1ccccc1. The lowest BCUT2D eigenvalue weighted by Crippen LogP contribution is -2.16. The van der Waals surface area contributed by atoms with Gasteiger partial charge in [-0.1, -0.05) is 61.9 Å². The van der Waals surface area contributed by atoms with E-state index in [0.29, 0.717) is 6.61 Å². The van der Waals surface area contributed by atoms with E-state index in [-0.39, 0.29) is 6.09 Å². The second kappa shape index (κ2) is 7.14. The first-order valence-corrected chi connectivity index (χ1v) is 8.10. The van der Waals surface area contributed by atoms with Gasteiger partial charge in [0.2, 0.25) is 0 Å². The second-order valence-corrected chi connectivity index (χ2v) is 5.67. The average molecular weight is 307 g/mol. The van der Waals surface area contributed by atoms with Crippen molar-refractivity contribution in [3.63, 3.8) is 0 Å². The third-order valence-corrected chi connectivity index (χ3v) is 3.96. The topological polar surface area (TPSA) is 31.2 Å². The molecule has 0 aliphatic heterocycles. The van der Waals surface area contributed by atoms with Crippen LogP contribution in [0.5, 0.6) is 0 Å². The molecule has 23 heavy (non-hydrogen) atoms. The first kappa shape index (κ1) is 15.3. The maximum Gasteiger partial charge on any atom is 0.419 e. The van der Waals surface area contributed by atoms with Gasteiger partial charge in [0, 0.05) is 11.1 Å². The van der Waals surface area contributed by atoms with Crippen molar-refractivity contribution in [1.29, 1.82) is 0 Å². The summed E-state index contributed by atoms with van der Waals surface area (Å²) in [5.41, 5.74) is 2.93. The van der Waals surface area contributed by atoms with Crippen molar-refractivity contribution >= 4 is 17.0 Å². The van der Waals surface area contributed by atoms with Crippen LogP contribution in [0.4, 0.5) is 4.79 Å². The molecule has 0 radical (unpaired) electrons.